The molecule has 6 nitrogen and oxygen atoms in total. The number of aromatic nitrogens is 1. The molecule has 0 aliphatic heterocycles. The number of pyridine rings is 1. The van der Waals surface area contributed by atoms with E-state index in [1.807, 2.05) is 49.4 Å². The monoisotopic (exact) mass is 526 g/mol. The number of fused-ring (bicyclic) bond motifs is 2. The largest absolute Gasteiger partial charge is 0.480 e. The Hall–Kier alpha value is -4.85. The second-order valence-corrected chi connectivity index (χ2v) is 9.36. The minimum atomic E-state index is -1.46. The summed E-state index contributed by atoms with van der Waals surface area (Å²) in [5.41, 5.74) is 2.47. The third kappa shape index (κ3) is 4.54. The number of carboxylic acids is 1. The number of para-hydroxylation sites is 1. The maximum absolute atomic E-state index is 14.1. The number of aryl methyl sites for hydroxylation is 2. The lowest BCUT2D eigenvalue weighted by atomic mass is 9.90. The average molecular weight is 527 g/mol. The van der Waals surface area contributed by atoms with Crippen molar-refractivity contribution in [1.82, 2.24) is 9.88 Å². The first-order valence-electron chi connectivity index (χ1n) is 12.3. The number of nitrogens with zero attached hydrogens (tertiary/aromatic N) is 1. The molecule has 0 bridgehead atoms. The van der Waals surface area contributed by atoms with Crippen LogP contribution in [-0.4, -0.2) is 27.6 Å². The molecule has 5 rings (SSSR count). The van der Waals surface area contributed by atoms with Crippen molar-refractivity contribution in [1.29, 1.82) is 0 Å². The Bertz CT molecular complexity index is 1820. The van der Waals surface area contributed by atoms with Crippen LogP contribution < -0.4 is 10.9 Å². The van der Waals surface area contributed by atoms with Gasteiger partial charge in [-0.3, -0.25) is 9.59 Å². The fourth-order valence-electron chi connectivity index (χ4n) is 5.10. The first kappa shape index (κ1) is 25.8. The van der Waals surface area contributed by atoms with E-state index in [1.54, 1.807) is 29.8 Å². The molecule has 0 saturated heterocycles. The van der Waals surface area contributed by atoms with Gasteiger partial charge in [-0.15, -0.1) is 0 Å². The molecule has 1 atom stereocenters. The van der Waals surface area contributed by atoms with E-state index < -0.39 is 35.1 Å². The molecule has 39 heavy (non-hydrogen) atoms. The summed E-state index contributed by atoms with van der Waals surface area (Å²) in [5, 5.41) is 14.5. The Morgan fingerprint density at radius 2 is 1.49 bits per heavy atom. The van der Waals surface area contributed by atoms with Crippen molar-refractivity contribution < 1.29 is 23.5 Å². The molecule has 2 N–H and O–H groups in total. The summed E-state index contributed by atoms with van der Waals surface area (Å²) in [7, 11) is 1.72. The topological polar surface area (TPSA) is 88.4 Å². The molecule has 5 aromatic rings. The van der Waals surface area contributed by atoms with Crippen LogP contribution in [0.4, 0.5) is 8.78 Å². The molecule has 0 radical (unpaired) electrons. The highest BCUT2D eigenvalue weighted by atomic mass is 19.1. The van der Waals surface area contributed by atoms with Gasteiger partial charge in [0.15, 0.2) is 0 Å². The zero-order valence-electron chi connectivity index (χ0n) is 21.2. The number of rotatable bonds is 6. The Kier molecular flexibility index (Phi) is 6.70. The smallest absolute Gasteiger partial charge is 0.326 e. The average Bonchev–Trinajstić information content (AvgIpc) is 2.92. The summed E-state index contributed by atoms with van der Waals surface area (Å²) in [6.45, 7) is 1.90. The molecule has 0 spiro atoms. The second kappa shape index (κ2) is 10.1. The van der Waals surface area contributed by atoms with Crippen molar-refractivity contribution in [2.24, 2.45) is 7.05 Å². The van der Waals surface area contributed by atoms with Crippen LogP contribution in [0.3, 0.4) is 0 Å². The number of carboxylic acid groups (broad SMARTS) is 1. The van der Waals surface area contributed by atoms with E-state index in [0.29, 0.717) is 22.1 Å². The molecule has 196 valence electrons. The van der Waals surface area contributed by atoms with Crippen LogP contribution in [0, 0.1) is 18.6 Å². The van der Waals surface area contributed by atoms with Gasteiger partial charge in [0.2, 0.25) is 0 Å². The quantitative estimate of drug-likeness (QED) is 0.311. The molecule has 1 unspecified atom stereocenters. The predicted molar refractivity (Wildman–Crippen MR) is 146 cm³/mol. The van der Waals surface area contributed by atoms with Gasteiger partial charge in [-0.1, -0.05) is 60.7 Å². The maximum atomic E-state index is 14.1. The van der Waals surface area contributed by atoms with Gasteiger partial charge < -0.3 is 15.0 Å². The number of amides is 1. The summed E-state index contributed by atoms with van der Waals surface area (Å²) >= 11 is 0. The zero-order valence-corrected chi connectivity index (χ0v) is 21.2. The van der Waals surface area contributed by atoms with Crippen molar-refractivity contribution >= 4 is 33.6 Å². The number of carbonyl (C=O) groups is 2. The van der Waals surface area contributed by atoms with E-state index in [2.05, 4.69) is 5.32 Å². The molecule has 4 aromatic carbocycles. The summed E-state index contributed by atoms with van der Waals surface area (Å²) in [6, 6.07) is 19.9. The third-order valence-corrected chi connectivity index (χ3v) is 7.06. The number of hydrogen-bond donors (Lipinski definition) is 2. The highest BCUT2D eigenvalue weighted by molar-refractivity contribution is 6.02. The van der Waals surface area contributed by atoms with Crippen molar-refractivity contribution in [3.63, 3.8) is 0 Å². The van der Waals surface area contributed by atoms with Crippen molar-refractivity contribution in [2.75, 3.05) is 0 Å². The minimum Gasteiger partial charge on any atom is -0.480 e. The number of carbonyl (C=O) groups excluding carboxylic acids is 1. The normalized spacial score (nSPS) is 12.0. The van der Waals surface area contributed by atoms with E-state index >= 15 is 0 Å². The molecule has 0 aliphatic carbocycles. The molecule has 0 fully saturated rings. The molecule has 8 heteroatoms. The van der Waals surface area contributed by atoms with Crippen molar-refractivity contribution in [2.45, 2.75) is 19.4 Å². The molecule has 0 aliphatic rings. The number of nitrogens with one attached hydrogen (secondary N) is 1. The van der Waals surface area contributed by atoms with Crippen LogP contribution in [0.2, 0.25) is 0 Å². The molecule has 0 saturated carbocycles. The van der Waals surface area contributed by atoms with E-state index in [9.17, 15) is 28.3 Å². The molecule has 1 aromatic heterocycles. The van der Waals surface area contributed by atoms with Gasteiger partial charge in [0, 0.05) is 18.9 Å². The Morgan fingerprint density at radius 1 is 0.872 bits per heavy atom. The number of halogens is 2. The minimum absolute atomic E-state index is 0.146. The predicted octanol–water partition coefficient (Wildman–Crippen LogP) is 5.37. The third-order valence-electron chi connectivity index (χ3n) is 7.06. The van der Waals surface area contributed by atoms with E-state index in [0.717, 1.165) is 40.1 Å². The van der Waals surface area contributed by atoms with Gasteiger partial charge in [0.1, 0.15) is 23.2 Å². The van der Waals surface area contributed by atoms with Gasteiger partial charge >= 0.3 is 5.97 Å². The second-order valence-electron chi connectivity index (χ2n) is 9.36. The lowest BCUT2D eigenvalue weighted by molar-refractivity contribution is -0.139. The molecular weight excluding hydrogens is 502 g/mol. The SMILES string of the molecule is Cc1c(-c2ccc(CC(NC(=O)c3c(F)cccc3F)C(=O)O)c3ccccc23)c(=O)n(C)c2ccccc12. The number of hydrogen-bond acceptors (Lipinski definition) is 3. The molecular formula is C31H24F2N2O4. The van der Waals surface area contributed by atoms with E-state index in [4.69, 9.17) is 0 Å². The standard InChI is InChI=1S/C31H24F2N2O4/c1-17-19-8-5-6-13-26(19)35(2)30(37)27(17)22-15-14-18(20-9-3-4-10-21(20)22)16-25(31(38)39)34-29(36)28-23(32)11-7-12-24(28)33/h3-15,25H,16H2,1-2H3,(H,34,36)(H,38,39). The highest BCUT2D eigenvalue weighted by Gasteiger charge is 2.26. The zero-order chi connectivity index (χ0) is 27.8. The Labute approximate surface area is 222 Å². The van der Waals surface area contributed by atoms with Gasteiger partial charge in [-0.25, -0.2) is 13.6 Å². The van der Waals surface area contributed by atoms with Gasteiger partial charge in [-0.2, -0.15) is 0 Å². The van der Waals surface area contributed by atoms with Crippen molar-refractivity contribution in [3.8, 4) is 11.1 Å². The number of aliphatic carboxylic acids is 1. The molecule has 1 amide bonds. The number of benzene rings is 4. The first-order valence-corrected chi connectivity index (χ1v) is 12.3. The van der Waals surface area contributed by atoms with Gasteiger partial charge in [0.05, 0.1) is 11.1 Å². The van der Waals surface area contributed by atoms with E-state index in [1.165, 1.54) is 0 Å². The molecule has 1 heterocycles. The Balaban J connectivity index is 1.59. The van der Waals surface area contributed by atoms with Crippen LogP contribution in [-0.2, 0) is 18.3 Å². The summed E-state index contributed by atoms with van der Waals surface area (Å²) in [4.78, 5) is 38.2. The lowest BCUT2D eigenvalue weighted by Gasteiger charge is -2.19. The summed E-state index contributed by atoms with van der Waals surface area (Å²) in [5.74, 6) is -4.68. The van der Waals surface area contributed by atoms with Crippen LogP contribution in [0.1, 0.15) is 21.5 Å². The summed E-state index contributed by atoms with van der Waals surface area (Å²) < 4.78 is 29.8. The summed E-state index contributed by atoms with van der Waals surface area (Å²) in [6.07, 6.45) is -0.146. The van der Waals surface area contributed by atoms with Crippen LogP contribution >= 0.6 is 0 Å². The van der Waals surface area contributed by atoms with Crippen LogP contribution in [0.15, 0.2) is 83.7 Å². The van der Waals surface area contributed by atoms with Crippen LogP contribution in [0.25, 0.3) is 32.8 Å². The highest BCUT2D eigenvalue weighted by Crippen LogP contribution is 2.33. The lowest BCUT2D eigenvalue weighted by Crippen LogP contribution is -2.43. The Morgan fingerprint density at radius 3 is 2.15 bits per heavy atom. The van der Waals surface area contributed by atoms with Crippen LogP contribution in [0.5, 0.6) is 0 Å². The van der Waals surface area contributed by atoms with E-state index in [-0.39, 0.29) is 12.0 Å². The fourth-order valence-corrected chi connectivity index (χ4v) is 5.10. The fraction of sp³-hybridized carbons (Fsp3) is 0.129. The van der Waals surface area contributed by atoms with Gasteiger partial charge in [-0.05, 0) is 52.6 Å². The first-order chi connectivity index (χ1) is 18.7. The van der Waals surface area contributed by atoms with Gasteiger partial charge in [0.25, 0.3) is 11.5 Å². The maximum Gasteiger partial charge on any atom is 0.326 e. The van der Waals surface area contributed by atoms with Crippen molar-refractivity contribution in [3.05, 3.63) is 118 Å².